The molecule has 0 aromatic heterocycles. The highest BCUT2D eigenvalue weighted by atomic mass is 16.5. The lowest BCUT2D eigenvalue weighted by atomic mass is 9.84. The van der Waals surface area contributed by atoms with Gasteiger partial charge in [-0.2, -0.15) is 0 Å². The highest BCUT2D eigenvalue weighted by Gasteiger charge is 2.39. The molecule has 144 valence electrons. The van der Waals surface area contributed by atoms with Gasteiger partial charge in [0.25, 0.3) is 0 Å². The first-order valence-electron chi connectivity index (χ1n) is 8.94. The molecule has 0 aliphatic carbocycles. The molecule has 2 heterocycles. The molecule has 2 aromatic carbocycles. The van der Waals surface area contributed by atoms with Gasteiger partial charge in [-0.1, -0.05) is 12.1 Å². The van der Waals surface area contributed by atoms with Gasteiger partial charge < -0.3 is 18.9 Å². The number of carbonyl (C=O) groups is 2. The fraction of sp³-hybridized carbons (Fsp3) is 0.273. The lowest BCUT2D eigenvalue weighted by molar-refractivity contribution is -0.135. The van der Waals surface area contributed by atoms with Gasteiger partial charge in [0.15, 0.2) is 17.3 Å². The molecule has 0 radical (unpaired) electrons. The topological polar surface area (TPSA) is 71.1 Å². The summed E-state index contributed by atoms with van der Waals surface area (Å²) in [7, 11) is 3.12. The van der Waals surface area contributed by atoms with Gasteiger partial charge in [-0.3, -0.25) is 9.59 Å². The molecular weight excluding hydrogens is 360 g/mol. The Balaban J connectivity index is 1.95. The van der Waals surface area contributed by atoms with E-state index in [1.165, 1.54) is 0 Å². The van der Waals surface area contributed by atoms with Crippen LogP contribution in [0.25, 0.3) is 0 Å². The molecule has 0 saturated carbocycles. The van der Waals surface area contributed by atoms with E-state index in [1.54, 1.807) is 32.4 Å². The summed E-state index contributed by atoms with van der Waals surface area (Å²) < 4.78 is 22.4. The minimum absolute atomic E-state index is 0.106. The van der Waals surface area contributed by atoms with Crippen molar-refractivity contribution in [2.24, 2.45) is 0 Å². The third-order valence-corrected chi connectivity index (χ3v) is 5.02. The van der Waals surface area contributed by atoms with Crippen LogP contribution in [-0.2, 0) is 4.79 Å². The fourth-order valence-electron chi connectivity index (χ4n) is 3.77. The number of esters is 1. The van der Waals surface area contributed by atoms with Crippen molar-refractivity contribution in [3.05, 3.63) is 58.4 Å². The smallest absolute Gasteiger partial charge is 0.312 e. The maximum absolute atomic E-state index is 12.7. The van der Waals surface area contributed by atoms with E-state index < -0.39 is 0 Å². The van der Waals surface area contributed by atoms with Gasteiger partial charge in [-0.25, -0.2) is 0 Å². The van der Waals surface area contributed by atoms with E-state index in [-0.39, 0.29) is 24.1 Å². The Bertz CT molecular complexity index is 1030. The predicted molar refractivity (Wildman–Crippen MR) is 101 cm³/mol. The number of ketones is 1. The number of allylic oxidation sites excluding steroid dienone is 2. The molecule has 0 N–H and O–H groups in total. The third-order valence-electron chi connectivity index (χ3n) is 5.02. The van der Waals surface area contributed by atoms with E-state index in [9.17, 15) is 9.59 Å². The first-order chi connectivity index (χ1) is 13.5. The van der Waals surface area contributed by atoms with Crippen molar-refractivity contribution in [1.29, 1.82) is 0 Å². The predicted octanol–water partition coefficient (Wildman–Crippen LogP) is 4.01. The number of fused-ring (bicyclic) bond motifs is 3. The van der Waals surface area contributed by atoms with E-state index in [2.05, 4.69) is 0 Å². The minimum atomic E-state index is -0.388. The average Bonchev–Trinajstić information content (AvgIpc) is 3.03. The van der Waals surface area contributed by atoms with Crippen LogP contribution in [0.1, 0.15) is 47.7 Å². The van der Waals surface area contributed by atoms with Gasteiger partial charge in [0.2, 0.25) is 5.78 Å². The summed E-state index contributed by atoms with van der Waals surface area (Å²) in [5.74, 6) is 1.36. The van der Waals surface area contributed by atoms with Crippen LogP contribution in [-0.4, -0.2) is 26.0 Å². The van der Waals surface area contributed by atoms with E-state index >= 15 is 0 Å². The Morgan fingerprint density at radius 1 is 1.04 bits per heavy atom. The van der Waals surface area contributed by atoms with Gasteiger partial charge in [0.1, 0.15) is 11.5 Å². The lowest BCUT2D eigenvalue weighted by Gasteiger charge is -2.27. The molecule has 0 bridgehead atoms. The molecule has 2 aromatic rings. The number of Topliss-reactive ketones (excluding diaryl/α,β-unsaturated/α-hetero) is 1. The second kappa shape index (κ2) is 6.71. The number of benzene rings is 2. The normalized spacial score (nSPS) is 17.4. The average molecular weight is 380 g/mol. The van der Waals surface area contributed by atoms with Gasteiger partial charge in [0, 0.05) is 17.0 Å². The zero-order valence-corrected chi connectivity index (χ0v) is 16.1. The third kappa shape index (κ3) is 2.64. The van der Waals surface area contributed by atoms with Gasteiger partial charge in [-0.15, -0.1) is 0 Å². The Kier molecular flexibility index (Phi) is 4.34. The largest absolute Gasteiger partial charge is 0.493 e. The van der Waals surface area contributed by atoms with E-state index in [0.717, 1.165) is 11.1 Å². The Labute approximate surface area is 162 Å². The second-order valence-corrected chi connectivity index (χ2v) is 6.93. The van der Waals surface area contributed by atoms with Crippen molar-refractivity contribution in [3.8, 4) is 23.0 Å². The van der Waals surface area contributed by atoms with Gasteiger partial charge >= 0.3 is 5.97 Å². The molecule has 6 heteroatoms. The van der Waals surface area contributed by atoms with E-state index in [4.69, 9.17) is 18.9 Å². The zero-order valence-electron chi connectivity index (χ0n) is 16.1. The zero-order chi connectivity index (χ0) is 20.0. The van der Waals surface area contributed by atoms with Crippen molar-refractivity contribution in [2.75, 3.05) is 14.2 Å². The van der Waals surface area contributed by atoms with Crippen molar-refractivity contribution < 1.29 is 28.5 Å². The summed E-state index contributed by atoms with van der Waals surface area (Å²) in [5, 5.41) is 0. The molecule has 0 spiro atoms. The quantitative estimate of drug-likeness (QED) is 0.455. The number of hydrogen-bond acceptors (Lipinski definition) is 6. The summed E-state index contributed by atoms with van der Waals surface area (Å²) in [6.07, 6.45) is 0.106. The molecule has 4 rings (SSSR count). The molecule has 0 fully saturated rings. The maximum Gasteiger partial charge on any atom is 0.312 e. The maximum atomic E-state index is 12.7. The molecule has 1 atom stereocenters. The summed E-state index contributed by atoms with van der Waals surface area (Å²) >= 11 is 0. The first kappa shape index (κ1) is 18.1. The number of para-hydroxylation sites is 1. The second-order valence-electron chi connectivity index (χ2n) is 6.93. The van der Waals surface area contributed by atoms with Crippen molar-refractivity contribution in [3.63, 3.8) is 0 Å². The molecule has 1 unspecified atom stereocenters. The number of hydrogen-bond donors (Lipinski definition) is 0. The summed E-state index contributed by atoms with van der Waals surface area (Å²) in [6.45, 7) is 3.66. The standard InChI is InChI=1S/C22H20O6/c1-11(2)20-19(24)13-8-9-15-18(22(13)28-20)14(10-17(23)27-15)12-6-5-7-16(25-3)21(12)26-4/h5-9,14H,10H2,1-4H3. The lowest BCUT2D eigenvalue weighted by Crippen LogP contribution is -2.22. The van der Waals surface area contributed by atoms with Crippen LogP contribution in [0.3, 0.4) is 0 Å². The molecule has 28 heavy (non-hydrogen) atoms. The van der Waals surface area contributed by atoms with Crippen molar-refractivity contribution in [1.82, 2.24) is 0 Å². The number of methoxy groups -OCH3 is 2. The van der Waals surface area contributed by atoms with Crippen LogP contribution in [0.2, 0.25) is 0 Å². The molecule has 0 amide bonds. The van der Waals surface area contributed by atoms with Crippen molar-refractivity contribution >= 4 is 11.8 Å². The Morgan fingerprint density at radius 2 is 1.82 bits per heavy atom. The van der Waals surface area contributed by atoms with Crippen LogP contribution >= 0.6 is 0 Å². The summed E-state index contributed by atoms with van der Waals surface area (Å²) in [5.41, 5.74) is 2.71. The molecule has 2 aliphatic rings. The highest BCUT2D eigenvalue weighted by molar-refractivity contribution is 6.13. The minimum Gasteiger partial charge on any atom is -0.493 e. The van der Waals surface area contributed by atoms with Crippen LogP contribution in [0.5, 0.6) is 23.0 Å². The van der Waals surface area contributed by atoms with Gasteiger partial charge in [-0.05, 0) is 37.6 Å². The molecule has 2 aliphatic heterocycles. The monoisotopic (exact) mass is 380 g/mol. The SMILES string of the molecule is COc1cccc(C2CC(=O)Oc3ccc4c(c32)OC(=C(C)C)C4=O)c1OC. The fourth-order valence-corrected chi connectivity index (χ4v) is 3.77. The van der Waals surface area contributed by atoms with E-state index in [0.29, 0.717) is 39.9 Å². The summed E-state index contributed by atoms with van der Waals surface area (Å²) in [6, 6.07) is 8.81. The number of rotatable bonds is 3. The van der Waals surface area contributed by atoms with Crippen LogP contribution < -0.4 is 18.9 Å². The Hall–Kier alpha value is -3.28. The van der Waals surface area contributed by atoms with E-state index in [1.807, 2.05) is 26.0 Å². The molecular formula is C22H20O6. The number of ether oxygens (including phenoxy) is 4. The highest BCUT2D eigenvalue weighted by Crippen LogP contribution is 2.51. The van der Waals surface area contributed by atoms with Crippen LogP contribution in [0, 0.1) is 0 Å². The summed E-state index contributed by atoms with van der Waals surface area (Å²) in [4.78, 5) is 25.0. The first-order valence-corrected chi connectivity index (χ1v) is 8.94. The van der Waals surface area contributed by atoms with Crippen molar-refractivity contribution in [2.45, 2.75) is 26.2 Å². The molecule has 6 nitrogen and oxygen atoms in total. The Morgan fingerprint density at radius 3 is 2.50 bits per heavy atom. The molecule has 0 saturated heterocycles. The van der Waals surface area contributed by atoms with Crippen LogP contribution in [0.4, 0.5) is 0 Å². The number of carbonyl (C=O) groups excluding carboxylic acids is 2. The van der Waals surface area contributed by atoms with Crippen LogP contribution in [0.15, 0.2) is 41.7 Å². The van der Waals surface area contributed by atoms with Gasteiger partial charge in [0.05, 0.1) is 26.2 Å².